The summed E-state index contributed by atoms with van der Waals surface area (Å²) in [6.45, 7) is 2.07. The van der Waals surface area contributed by atoms with Gasteiger partial charge < -0.3 is 10.4 Å². The fourth-order valence-electron chi connectivity index (χ4n) is 3.36. The van der Waals surface area contributed by atoms with Crippen LogP contribution in [0, 0.1) is 5.92 Å². The maximum Gasteiger partial charge on any atom is 0.308 e. The summed E-state index contributed by atoms with van der Waals surface area (Å²) >= 11 is 0. The monoisotopic (exact) mass is 341 g/mol. The summed E-state index contributed by atoms with van der Waals surface area (Å²) in [5.41, 5.74) is 3.44. The highest BCUT2D eigenvalue weighted by molar-refractivity contribution is 5.94. The van der Waals surface area contributed by atoms with E-state index in [1.807, 2.05) is 41.9 Å². The molecule has 25 heavy (non-hydrogen) atoms. The van der Waals surface area contributed by atoms with Crippen LogP contribution < -0.4 is 5.32 Å². The molecule has 3 rings (SSSR count). The molecule has 1 aromatic heterocycles. The minimum Gasteiger partial charge on any atom is -0.481 e. The average Bonchev–Trinajstić information content (AvgIpc) is 3.21. The smallest absolute Gasteiger partial charge is 0.308 e. The Labute approximate surface area is 146 Å². The second-order valence-corrected chi connectivity index (χ2v) is 6.41. The van der Waals surface area contributed by atoms with E-state index >= 15 is 0 Å². The summed E-state index contributed by atoms with van der Waals surface area (Å²) in [6.07, 6.45) is 4.06. The third-order valence-electron chi connectivity index (χ3n) is 4.64. The molecule has 2 aromatic rings. The lowest BCUT2D eigenvalue weighted by Crippen LogP contribution is -2.33. The Balaban J connectivity index is 1.81. The third kappa shape index (κ3) is 3.57. The van der Waals surface area contributed by atoms with Gasteiger partial charge in [0.2, 0.25) is 0 Å². The Morgan fingerprint density at radius 3 is 2.72 bits per heavy atom. The van der Waals surface area contributed by atoms with Crippen molar-refractivity contribution in [3.63, 3.8) is 0 Å². The number of aromatic nitrogens is 2. The number of aliphatic carboxylic acids is 1. The molecular weight excluding hydrogens is 318 g/mol. The molecule has 0 radical (unpaired) electrons. The standard InChI is InChI=1S/C19H23N3O3/c1-2-7-13(19(24)25)12-20-18(23)17-15-10-6-11-16(15)22(21-17)14-8-4-3-5-9-14/h3-5,8-9,13H,2,6-7,10-12H2,1H3,(H,20,23)(H,24,25). The Hall–Kier alpha value is -2.63. The fraction of sp³-hybridized carbons (Fsp3) is 0.421. The van der Waals surface area contributed by atoms with Gasteiger partial charge in [0, 0.05) is 17.8 Å². The summed E-state index contributed by atoms with van der Waals surface area (Å²) in [7, 11) is 0. The number of carboxylic acid groups (broad SMARTS) is 1. The van der Waals surface area contributed by atoms with Crippen molar-refractivity contribution in [3.8, 4) is 5.69 Å². The normalized spacial score (nSPS) is 14.1. The van der Waals surface area contributed by atoms with Gasteiger partial charge in [-0.2, -0.15) is 5.10 Å². The number of carbonyl (C=O) groups excluding carboxylic acids is 1. The number of nitrogens with zero attached hydrogens (tertiary/aromatic N) is 2. The molecule has 0 bridgehead atoms. The minimum absolute atomic E-state index is 0.134. The van der Waals surface area contributed by atoms with E-state index in [9.17, 15) is 14.7 Å². The minimum atomic E-state index is -0.873. The summed E-state index contributed by atoms with van der Waals surface area (Å²) in [4.78, 5) is 23.8. The highest BCUT2D eigenvalue weighted by Crippen LogP contribution is 2.27. The predicted octanol–water partition coefficient (Wildman–Crippen LogP) is 2.59. The van der Waals surface area contributed by atoms with Crippen molar-refractivity contribution in [2.75, 3.05) is 6.54 Å². The Kier molecular flexibility index (Phi) is 5.16. The van der Waals surface area contributed by atoms with Crippen molar-refractivity contribution >= 4 is 11.9 Å². The molecule has 0 spiro atoms. The van der Waals surface area contributed by atoms with Gasteiger partial charge in [-0.25, -0.2) is 4.68 Å². The first kappa shape index (κ1) is 17.2. The Morgan fingerprint density at radius 1 is 1.28 bits per heavy atom. The molecule has 1 aromatic carbocycles. The van der Waals surface area contributed by atoms with Crippen molar-refractivity contribution in [2.45, 2.75) is 39.0 Å². The molecular formula is C19H23N3O3. The molecule has 1 heterocycles. The molecule has 1 aliphatic carbocycles. The zero-order chi connectivity index (χ0) is 17.8. The predicted molar refractivity (Wildman–Crippen MR) is 94.0 cm³/mol. The molecule has 2 N–H and O–H groups in total. The van der Waals surface area contributed by atoms with Crippen molar-refractivity contribution in [3.05, 3.63) is 47.3 Å². The molecule has 0 saturated heterocycles. The van der Waals surface area contributed by atoms with E-state index in [2.05, 4.69) is 10.4 Å². The Morgan fingerprint density at radius 2 is 2.04 bits per heavy atom. The zero-order valence-electron chi connectivity index (χ0n) is 14.4. The van der Waals surface area contributed by atoms with Gasteiger partial charge in [-0.15, -0.1) is 0 Å². The van der Waals surface area contributed by atoms with Gasteiger partial charge in [0.1, 0.15) is 0 Å². The number of amides is 1. The van der Waals surface area contributed by atoms with Gasteiger partial charge in [-0.3, -0.25) is 9.59 Å². The second kappa shape index (κ2) is 7.51. The lowest BCUT2D eigenvalue weighted by Gasteiger charge is -2.12. The number of carbonyl (C=O) groups is 2. The molecule has 132 valence electrons. The number of hydrogen-bond donors (Lipinski definition) is 2. The number of hydrogen-bond acceptors (Lipinski definition) is 3. The van der Waals surface area contributed by atoms with Crippen molar-refractivity contribution in [2.24, 2.45) is 5.92 Å². The van der Waals surface area contributed by atoms with Gasteiger partial charge in [0.15, 0.2) is 5.69 Å². The van der Waals surface area contributed by atoms with E-state index < -0.39 is 11.9 Å². The SMILES string of the molecule is CCCC(CNC(=O)c1nn(-c2ccccc2)c2c1CCC2)C(=O)O. The van der Waals surface area contributed by atoms with Crippen LogP contribution in [-0.2, 0) is 17.6 Å². The van der Waals surface area contributed by atoms with E-state index in [0.717, 1.165) is 42.6 Å². The van der Waals surface area contributed by atoms with Crippen molar-refractivity contribution in [1.29, 1.82) is 0 Å². The lowest BCUT2D eigenvalue weighted by molar-refractivity contribution is -0.141. The molecule has 1 unspecified atom stereocenters. The van der Waals surface area contributed by atoms with Crippen molar-refractivity contribution in [1.82, 2.24) is 15.1 Å². The van der Waals surface area contributed by atoms with Crippen LogP contribution in [0.15, 0.2) is 30.3 Å². The zero-order valence-corrected chi connectivity index (χ0v) is 14.4. The van der Waals surface area contributed by atoms with Gasteiger partial charge in [0.25, 0.3) is 5.91 Å². The number of carboxylic acids is 1. The van der Waals surface area contributed by atoms with Crippen LogP contribution >= 0.6 is 0 Å². The molecule has 6 heteroatoms. The first-order valence-electron chi connectivity index (χ1n) is 8.79. The number of fused-ring (bicyclic) bond motifs is 1. The van der Waals surface area contributed by atoms with Crippen molar-refractivity contribution < 1.29 is 14.7 Å². The maximum atomic E-state index is 12.6. The second-order valence-electron chi connectivity index (χ2n) is 6.41. The van der Waals surface area contributed by atoms with Crippen LogP contribution in [0.3, 0.4) is 0 Å². The van der Waals surface area contributed by atoms with E-state index in [1.54, 1.807) is 0 Å². The molecule has 1 atom stereocenters. The van der Waals surface area contributed by atoms with Crippen LogP contribution in [0.5, 0.6) is 0 Å². The number of rotatable bonds is 7. The molecule has 0 aliphatic heterocycles. The van der Waals surface area contributed by atoms with Crippen LogP contribution in [0.25, 0.3) is 5.69 Å². The van der Waals surface area contributed by atoms with Crippen LogP contribution in [0.4, 0.5) is 0 Å². The maximum absolute atomic E-state index is 12.6. The first-order valence-corrected chi connectivity index (χ1v) is 8.79. The van der Waals surface area contributed by atoms with Gasteiger partial charge in [0.05, 0.1) is 11.6 Å². The highest BCUT2D eigenvalue weighted by atomic mass is 16.4. The van der Waals surface area contributed by atoms with Gasteiger partial charge in [-0.1, -0.05) is 31.5 Å². The lowest BCUT2D eigenvalue weighted by atomic mass is 10.0. The number of nitrogens with one attached hydrogen (secondary N) is 1. The first-order chi connectivity index (χ1) is 12.1. The quantitative estimate of drug-likeness (QED) is 0.811. The van der Waals surface area contributed by atoms with E-state index in [-0.39, 0.29) is 12.5 Å². The fourth-order valence-corrected chi connectivity index (χ4v) is 3.36. The average molecular weight is 341 g/mol. The third-order valence-corrected chi connectivity index (χ3v) is 4.64. The summed E-state index contributed by atoms with van der Waals surface area (Å²) in [5, 5.41) is 16.5. The summed E-state index contributed by atoms with van der Waals surface area (Å²) < 4.78 is 1.85. The summed E-state index contributed by atoms with van der Waals surface area (Å²) in [5.74, 6) is -1.71. The van der Waals surface area contributed by atoms with Gasteiger partial charge >= 0.3 is 5.97 Å². The number of benzene rings is 1. The largest absolute Gasteiger partial charge is 0.481 e. The van der Waals surface area contributed by atoms with E-state index in [4.69, 9.17) is 0 Å². The van der Waals surface area contributed by atoms with E-state index in [0.29, 0.717) is 12.1 Å². The van der Waals surface area contributed by atoms with Crippen LogP contribution in [-0.4, -0.2) is 33.3 Å². The highest BCUT2D eigenvalue weighted by Gasteiger charge is 2.27. The Bertz CT molecular complexity index is 768. The molecule has 0 saturated carbocycles. The molecule has 1 aliphatic rings. The van der Waals surface area contributed by atoms with Gasteiger partial charge in [-0.05, 0) is 37.8 Å². The molecule has 0 fully saturated rings. The molecule has 1 amide bonds. The van der Waals surface area contributed by atoms with Crippen LogP contribution in [0.1, 0.15) is 47.9 Å². The molecule has 6 nitrogen and oxygen atoms in total. The topological polar surface area (TPSA) is 84.2 Å². The van der Waals surface area contributed by atoms with Crippen LogP contribution in [0.2, 0.25) is 0 Å². The van der Waals surface area contributed by atoms with E-state index in [1.165, 1.54) is 0 Å². The summed E-state index contributed by atoms with van der Waals surface area (Å²) in [6, 6.07) is 9.77. The number of para-hydroxylation sites is 1.